The molecule has 6 aliphatic carbocycles. The minimum absolute atomic E-state index is 0.0397. The molecule has 0 aromatic rings. The zero-order chi connectivity index (χ0) is 48.1. The van der Waals surface area contributed by atoms with Gasteiger partial charge in [0.2, 0.25) is 0 Å². The number of allylic oxidation sites excluding steroid dienone is 6. The van der Waals surface area contributed by atoms with Crippen molar-refractivity contribution < 1.29 is 30.3 Å². The van der Waals surface area contributed by atoms with E-state index < -0.39 is 40.8 Å². The summed E-state index contributed by atoms with van der Waals surface area (Å²) in [5.41, 5.74) is 4.54. The Hall–Kier alpha value is -2.06. The maximum absolute atomic E-state index is 11.1. The quantitative estimate of drug-likeness (QED) is 0.105. The maximum atomic E-state index is 11.1. The van der Waals surface area contributed by atoms with E-state index in [1.807, 2.05) is 41.5 Å². The molecule has 13 atom stereocenters. The van der Waals surface area contributed by atoms with Crippen molar-refractivity contribution in [3.63, 3.8) is 0 Å². The van der Waals surface area contributed by atoms with Crippen molar-refractivity contribution in [1.82, 2.24) is 0 Å². The first-order chi connectivity index (χ1) is 30.2. The van der Waals surface area contributed by atoms with E-state index in [2.05, 4.69) is 84.7 Å². The Bertz CT molecular complexity index is 1870. The van der Waals surface area contributed by atoms with Gasteiger partial charge in [-0.25, -0.2) is 0 Å². The summed E-state index contributed by atoms with van der Waals surface area (Å²) >= 11 is 0. The zero-order valence-electron chi connectivity index (χ0n) is 43.0. The molecular weight excluding hydrogens is 805 g/mol. The summed E-state index contributed by atoms with van der Waals surface area (Å²) in [5.74, 6) is 3.19. The molecule has 0 radical (unpaired) electrons. The topological polar surface area (TPSA) is 110 Å². The minimum atomic E-state index is -0.786. The molecular formula is C59H94O6. The standard InChI is InChI=1S/C59H94O6/c1-15-40(20-17-30-54(5,6)64)47-28-29-49-44(25-24-43-35-51(61)57(11,12)53(63)39(43)4)33-45(36-59(47,49)14)65-55(7,8)31-16-19-37(2)46-26-27-48-41(21-18-32-58(46,48)13)22-23-42-34-50(60)56(9,10)52(62)38(42)3/h15,22-25,37,40,45-53,60-64H,1,3-4,16-21,26-36H2,2,5-14H3/b41-22+,42-23-,43-24-,44-25+/t37-,40-,45?,46?,47?,48?,49?,50-,51+,52-,53+,58-,59-/m1/s1. The van der Waals surface area contributed by atoms with Gasteiger partial charge in [-0.05, 0) is 186 Å². The molecule has 65 heavy (non-hydrogen) atoms. The molecule has 0 aliphatic heterocycles. The van der Waals surface area contributed by atoms with Crippen LogP contribution in [0, 0.1) is 57.2 Å². The van der Waals surface area contributed by atoms with Crippen molar-refractivity contribution in [3.05, 3.63) is 83.6 Å². The predicted octanol–water partition coefficient (Wildman–Crippen LogP) is 12.9. The lowest BCUT2D eigenvalue weighted by atomic mass is 9.59. The van der Waals surface area contributed by atoms with Gasteiger partial charge in [0.15, 0.2) is 0 Å². The van der Waals surface area contributed by atoms with Crippen LogP contribution in [-0.2, 0) is 4.74 Å². The Kier molecular flexibility index (Phi) is 15.9. The summed E-state index contributed by atoms with van der Waals surface area (Å²) in [4.78, 5) is 0. The third kappa shape index (κ3) is 10.9. The van der Waals surface area contributed by atoms with Crippen LogP contribution in [0.4, 0.5) is 0 Å². The van der Waals surface area contributed by atoms with E-state index in [0.717, 1.165) is 86.5 Å². The summed E-state index contributed by atoms with van der Waals surface area (Å²) < 4.78 is 7.31. The van der Waals surface area contributed by atoms with Gasteiger partial charge in [-0.3, -0.25) is 0 Å². The fraction of sp³-hybridized carbons (Fsp3) is 0.763. The third-order valence-electron chi connectivity index (χ3n) is 19.2. The van der Waals surface area contributed by atoms with Crippen molar-refractivity contribution in [3.8, 4) is 0 Å². The molecule has 366 valence electrons. The smallest absolute Gasteiger partial charge is 0.0862 e. The molecule has 6 saturated carbocycles. The van der Waals surface area contributed by atoms with E-state index in [1.54, 1.807) is 5.57 Å². The van der Waals surface area contributed by atoms with Gasteiger partial charge >= 0.3 is 0 Å². The molecule has 6 fully saturated rings. The van der Waals surface area contributed by atoms with Gasteiger partial charge in [0.25, 0.3) is 0 Å². The number of rotatable bonds is 15. The largest absolute Gasteiger partial charge is 0.392 e. The van der Waals surface area contributed by atoms with Crippen molar-refractivity contribution in [2.24, 2.45) is 57.2 Å². The highest BCUT2D eigenvalue weighted by Crippen LogP contribution is 2.62. The van der Waals surface area contributed by atoms with Gasteiger partial charge in [0, 0.05) is 10.8 Å². The van der Waals surface area contributed by atoms with Crippen LogP contribution in [0.15, 0.2) is 83.6 Å². The lowest BCUT2D eigenvalue weighted by molar-refractivity contribution is -0.111. The maximum Gasteiger partial charge on any atom is 0.0862 e. The van der Waals surface area contributed by atoms with Crippen molar-refractivity contribution in [2.45, 2.75) is 227 Å². The number of aliphatic hydroxyl groups excluding tert-OH is 4. The van der Waals surface area contributed by atoms with Crippen LogP contribution >= 0.6 is 0 Å². The van der Waals surface area contributed by atoms with Crippen molar-refractivity contribution in [2.75, 3.05) is 0 Å². The number of hydrogen-bond donors (Lipinski definition) is 5. The first kappa shape index (κ1) is 52.3. The number of hydrogen-bond acceptors (Lipinski definition) is 6. The van der Waals surface area contributed by atoms with E-state index in [-0.39, 0.29) is 22.5 Å². The van der Waals surface area contributed by atoms with E-state index in [9.17, 15) is 25.5 Å². The first-order valence-electron chi connectivity index (χ1n) is 26.1. The second-order valence-electron chi connectivity index (χ2n) is 25.5. The second-order valence-corrected chi connectivity index (χ2v) is 25.5. The molecule has 0 bridgehead atoms. The highest BCUT2D eigenvalue weighted by molar-refractivity contribution is 5.42. The normalized spacial score (nSPS) is 39.8. The van der Waals surface area contributed by atoms with Crippen molar-refractivity contribution in [1.29, 1.82) is 0 Å². The molecule has 0 saturated heterocycles. The van der Waals surface area contributed by atoms with Crippen LogP contribution in [-0.4, -0.2) is 67.3 Å². The van der Waals surface area contributed by atoms with Crippen LogP contribution in [0.25, 0.3) is 0 Å². The monoisotopic (exact) mass is 899 g/mol. The van der Waals surface area contributed by atoms with Crippen LogP contribution < -0.4 is 0 Å². The highest BCUT2D eigenvalue weighted by atomic mass is 16.5. The predicted molar refractivity (Wildman–Crippen MR) is 269 cm³/mol. The van der Waals surface area contributed by atoms with Crippen LogP contribution in [0.3, 0.4) is 0 Å². The van der Waals surface area contributed by atoms with E-state index in [1.165, 1.54) is 37.7 Å². The molecule has 6 heteroatoms. The fourth-order valence-electron chi connectivity index (χ4n) is 14.7. The van der Waals surface area contributed by atoms with Gasteiger partial charge in [-0.2, -0.15) is 0 Å². The first-order valence-corrected chi connectivity index (χ1v) is 26.1. The number of ether oxygens (including phenoxy) is 1. The molecule has 0 aromatic carbocycles. The molecule has 5 N–H and O–H groups in total. The van der Waals surface area contributed by atoms with Crippen LogP contribution in [0.1, 0.15) is 185 Å². The van der Waals surface area contributed by atoms with E-state index in [4.69, 9.17) is 4.74 Å². The molecule has 6 aliphatic rings. The molecule has 0 amide bonds. The number of aliphatic hydroxyl groups is 5. The molecule has 6 nitrogen and oxygen atoms in total. The van der Waals surface area contributed by atoms with Gasteiger partial charge in [-0.1, -0.05) is 122 Å². The summed E-state index contributed by atoms with van der Waals surface area (Å²) in [5, 5.41) is 54.5. The highest BCUT2D eigenvalue weighted by Gasteiger charge is 2.55. The number of fused-ring (bicyclic) bond motifs is 2. The summed E-state index contributed by atoms with van der Waals surface area (Å²) in [6.07, 6.45) is 26.0. The average Bonchev–Trinajstić information content (AvgIpc) is 3.76. The Labute approximate surface area is 396 Å². The van der Waals surface area contributed by atoms with Gasteiger partial charge in [-0.15, -0.1) is 6.58 Å². The Morgan fingerprint density at radius 1 is 0.692 bits per heavy atom. The lowest BCUT2D eigenvalue weighted by Crippen LogP contribution is -2.45. The second kappa shape index (κ2) is 19.7. The SMILES string of the molecule is C=C[C@H](CCCC(C)(C)O)C1CCC2/C(=C/C=C3/C[C@H](O)C(C)(C)[C@@H](O)C3=C)CC(OC(C)(C)CCC[C@@H](C)C3CCC4/C(=C/C=C5/C[C@@H](O)C(C)(C)[C@H](O)C5=C)CCC[C@@]43C)C[C@@]21C. The van der Waals surface area contributed by atoms with Gasteiger partial charge in [0.1, 0.15) is 0 Å². The van der Waals surface area contributed by atoms with Crippen LogP contribution in [0.2, 0.25) is 0 Å². The third-order valence-corrected chi connectivity index (χ3v) is 19.2. The van der Waals surface area contributed by atoms with Crippen LogP contribution in [0.5, 0.6) is 0 Å². The van der Waals surface area contributed by atoms with E-state index >= 15 is 0 Å². The minimum Gasteiger partial charge on any atom is -0.392 e. The average molecular weight is 899 g/mol. The van der Waals surface area contributed by atoms with Gasteiger partial charge < -0.3 is 30.3 Å². The van der Waals surface area contributed by atoms with Crippen molar-refractivity contribution >= 4 is 0 Å². The fourth-order valence-corrected chi connectivity index (χ4v) is 14.7. The molecule has 0 heterocycles. The Morgan fingerprint density at radius 3 is 1.77 bits per heavy atom. The Morgan fingerprint density at radius 2 is 1.22 bits per heavy atom. The molecule has 0 spiro atoms. The Balaban J connectivity index is 1.13. The summed E-state index contributed by atoms with van der Waals surface area (Å²) in [6.45, 7) is 36.6. The lowest BCUT2D eigenvalue weighted by Gasteiger charge is -2.49. The zero-order valence-corrected chi connectivity index (χ0v) is 43.0. The molecule has 0 aromatic heterocycles. The summed E-state index contributed by atoms with van der Waals surface area (Å²) in [7, 11) is 0. The molecule has 5 unspecified atom stereocenters. The van der Waals surface area contributed by atoms with E-state index in [0.29, 0.717) is 48.3 Å². The van der Waals surface area contributed by atoms with Gasteiger partial charge in [0.05, 0.1) is 41.7 Å². The summed E-state index contributed by atoms with van der Waals surface area (Å²) in [6, 6.07) is 0. The molecule has 6 rings (SSSR count).